The smallest absolute Gasteiger partial charge is 0.323 e. The second-order valence-electron chi connectivity index (χ2n) is 8.71. The SMILES string of the molecule is COc1cccc(NC(=O)Nc2ccc(N3CCC(C)CC3)c(C(=O)N3CCCC3)c2)c1. The Morgan fingerprint density at radius 1 is 0.938 bits per heavy atom. The van der Waals surface area contributed by atoms with Crippen LogP contribution in [0.25, 0.3) is 0 Å². The van der Waals surface area contributed by atoms with Gasteiger partial charge >= 0.3 is 6.03 Å². The van der Waals surface area contributed by atoms with Crippen molar-refractivity contribution in [3.8, 4) is 5.75 Å². The third-order valence-corrected chi connectivity index (χ3v) is 6.33. The van der Waals surface area contributed by atoms with Crippen molar-refractivity contribution < 1.29 is 14.3 Å². The molecule has 2 aliphatic rings. The molecule has 2 aromatic carbocycles. The van der Waals surface area contributed by atoms with Crippen LogP contribution in [0.1, 0.15) is 43.0 Å². The average Bonchev–Trinajstić information content (AvgIpc) is 3.34. The highest BCUT2D eigenvalue weighted by Crippen LogP contribution is 2.30. The molecule has 4 rings (SSSR count). The van der Waals surface area contributed by atoms with Gasteiger partial charge in [-0.2, -0.15) is 0 Å². The van der Waals surface area contributed by atoms with Crippen LogP contribution in [-0.2, 0) is 0 Å². The maximum atomic E-state index is 13.3. The van der Waals surface area contributed by atoms with Crippen molar-refractivity contribution in [3.05, 3.63) is 48.0 Å². The van der Waals surface area contributed by atoms with E-state index in [9.17, 15) is 9.59 Å². The van der Waals surface area contributed by atoms with E-state index in [1.54, 1.807) is 19.2 Å². The summed E-state index contributed by atoms with van der Waals surface area (Å²) >= 11 is 0. The topological polar surface area (TPSA) is 73.9 Å². The molecule has 0 aromatic heterocycles. The molecule has 2 N–H and O–H groups in total. The number of nitrogens with one attached hydrogen (secondary N) is 2. The summed E-state index contributed by atoms with van der Waals surface area (Å²) in [5, 5.41) is 5.69. The lowest BCUT2D eigenvalue weighted by Crippen LogP contribution is -2.35. The molecule has 2 aromatic rings. The van der Waals surface area contributed by atoms with Gasteiger partial charge in [0.1, 0.15) is 5.75 Å². The number of carbonyl (C=O) groups is 2. The molecule has 0 radical (unpaired) electrons. The van der Waals surface area contributed by atoms with Gasteiger partial charge in [0.15, 0.2) is 0 Å². The van der Waals surface area contributed by atoms with Gasteiger partial charge in [0.05, 0.1) is 12.7 Å². The maximum absolute atomic E-state index is 13.3. The minimum absolute atomic E-state index is 0.0491. The predicted octanol–water partition coefficient (Wildman–Crippen LogP) is 4.81. The van der Waals surface area contributed by atoms with Crippen LogP contribution in [-0.4, -0.2) is 50.1 Å². The molecule has 0 bridgehead atoms. The van der Waals surface area contributed by atoms with Gasteiger partial charge < -0.3 is 25.2 Å². The highest BCUT2D eigenvalue weighted by atomic mass is 16.5. The fourth-order valence-corrected chi connectivity index (χ4v) is 4.40. The molecular weight excluding hydrogens is 404 g/mol. The number of urea groups is 1. The van der Waals surface area contributed by atoms with Crippen LogP contribution in [0, 0.1) is 5.92 Å². The van der Waals surface area contributed by atoms with E-state index < -0.39 is 0 Å². The summed E-state index contributed by atoms with van der Waals surface area (Å²) in [6, 6.07) is 12.5. The number of piperidine rings is 1. The van der Waals surface area contributed by atoms with E-state index >= 15 is 0 Å². The van der Waals surface area contributed by atoms with E-state index in [1.807, 2.05) is 35.2 Å². The van der Waals surface area contributed by atoms with Gasteiger partial charge in [-0.3, -0.25) is 4.79 Å². The van der Waals surface area contributed by atoms with Gasteiger partial charge in [-0.15, -0.1) is 0 Å². The summed E-state index contributed by atoms with van der Waals surface area (Å²) in [4.78, 5) is 30.1. The molecule has 32 heavy (non-hydrogen) atoms. The number of amides is 3. The summed E-state index contributed by atoms with van der Waals surface area (Å²) in [5.74, 6) is 1.43. The molecule has 0 saturated carbocycles. The number of ether oxygens (including phenoxy) is 1. The van der Waals surface area contributed by atoms with Crippen molar-refractivity contribution in [2.24, 2.45) is 5.92 Å². The highest BCUT2D eigenvalue weighted by Gasteiger charge is 2.26. The lowest BCUT2D eigenvalue weighted by Gasteiger charge is -2.34. The normalized spacial score (nSPS) is 16.7. The summed E-state index contributed by atoms with van der Waals surface area (Å²) < 4.78 is 5.20. The van der Waals surface area contributed by atoms with Gasteiger partial charge in [0, 0.05) is 49.3 Å². The molecule has 170 valence electrons. The first kappa shape index (κ1) is 22.0. The van der Waals surface area contributed by atoms with Crippen LogP contribution in [0.2, 0.25) is 0 Å². The summed E-state index contributed by atoms with van der Waals surface area (Å²) in [6.07, 6.45) is 4.34. The zero-order chi connectivity index (χ0) is 22.5. The van der Waals surface area contributed by atoms with Crippen molar-refractivity contribution in [2.75, 3.05) is 48.8 Å². The molecule has 0 unspecified atom stereocenters. The summed E-state index contributed by atoms with van der Waals surface area (Å²) in [6.45, 7) is 5.77. The number of likely N-dealkylation sites (tertiary alicyclic amines) is 1. The highest BCUT2D eigenvalue weighted by molar-refractivity contribution is 6.04. The first-order valence-corrected chi connectivity index (χ1v) is 11.4. The number of hydrogen-bond donors (Lipinski definition) is 2. The van der Waals surface area contributed by atoms with E-state index in [0.717, 1.165) is 57.5 Å². The zero-order valence-electron chi connectivity index (χ0n) is 18.9. The van der Waals surface area contributed by atoms with Crippen LogP contribution in [0.15, 0.2) is 42.5 Å². The number of benzene rings is 2. The number of hydrogen-bond acceptors (Lipinski definition) is 4. The number of nitrogens with zero attached hydrogens (tertiary/aromatic N) is 2. The molecule has 0 spiro atoms. The number of anilines is 3. The predicted molar refractivity (Wildman–Crippen MR) is 128 cm³/mol. The van der Waals surface area contributed by atoms with Gasteiger partial charge in [-0.25, -0.2) is 4.79 Å². The van der Waals surface area contributed by atoms with Gasteiger partial charge in [-0.1, -0.05) is 13.0 Å². The fourth-order valence-electron chi connectivity index (χ4n) is 4.40. The van der Waals surface area contributed by atoms with Gasteiger partial charge in [-0.05, 0) is 61.9 Å². The van der Waals surface area contributed by atoms with Crippen molar-refractivity contribution in [1.82, 2.24) is 4.90 Å². The first-order chi connectivity index (χ1) is 15.5. The van der Waals surface area contributed by atoms with Crippen LogP contribution in [0.3, 0.4) is 0 Å². The lowest BCUT2D eigenvalue weighted by molar-refractivity contribution is 0.0793. The standard InChI is InChI=1S/C25H32N4O3/c1-18-10-14-28(15-11-18)23-9-8-20(17-22(23)24(30)29-12-3-4-13-29)27-25(31)26-19-6-5-7-21(16-19)32-2/h5-9,16-18H,3-4,10-15H2,1-2H3,(H2,26,27,31). The molecule has 3 amide bonds. The zero-order valence-corrected chi connectivity index (χ0v) is 18.9. The monoisotopic (exact) mass is 436 g/mol. The Kier molecular flexibility index (Phi) is 6.83. The van der Waals surface area contributed by atoms with Crippen LogP contribution in [0.5, 0.6) is 5.75 Å². The van der Waals surface area contributed by atoms with Crippen LogP contribution >= 0.6 is 0 Å². The Hall–Kier alpha value is -3.22. The minimum atomic E-state index is -0.364. The molecule has 2 heterocycles. The van der Waals surface area contributed by atoms with E-state index in [1.165, 1.54) is 0 Å². The minimum Gasteiger partial charge on any atom is -0.497 e. The molecule has 2 saturated heterocycles. The Balaban J connectivity index is 1.53. The molecular formula is C25H32N4O3. The van der Waals surface area contributed by atoms with Crippen LogP contribution < -0.4 is 20.3 Å². The Bertz CT molecular complexity index is 963. The van der Waals surface area contributed by atoms with E-state index in [4.69, 9.17) is 4.74 Å². The van der Waals surface area contributed by atoms with Gasteiger partial charge in [0.25, 0.3) is 5.91 Å². The summed E-state index contributed by atoms with van der Waals surface area (Å²) in [5.41, 5.74) is 2.87. The van der Waals surface area contributed by atoms with E-state index in [2.05, 4.69) is 22.5 Å². The number of rotatable bonds is 5. The van der Waals surface area contributed by atoms with E-state index in [-0.39, 0.29) is 11.9 Å². The molecule has 7 heteroatoms. The molecule has 2 fully saturated rings. The third-order valence-electron chi connectivity index (χ3n) is 6.33. The molecule has 2 aliphatic heterocycles. The average molecular weight is 437 g/mol. The molecule has 7 nitrogen and oxygen atoms in total. The van der Waals surface area contributed by atoms with Crippen molar-refractivity contribution >= 4 is 29.0 Å². The second-order valence-corrected chi connectivity index (χ2v) is 8.71. The van der Waals surface area contributed by atoms with Crippen LogP contribution in [0.4, 0.5) is 21.9 Å². The van der Waals surface area contributed by atoms with E-state index in [0.29, 0.717) is 28.6 Å². The quantitative estimate of drug-likeness (QED) is 0.705. The Morgan fingerprint density at radius 2 is 1.62 bits per heavy atom. The number of carbonyl (C=O) groups excluding carboxylic acids is 2. The fraction of sp³-hybridized carbons (Fsp3) is 0.440. The Labute approximate surface area is 189 Å². The lowest BCUT2D eigenvalue weighted by atomic mass is 9.97. The number of methoxy groups -OCH3 is 1. The van der Waals surface area contributed by atoms with Crippen molar-refractivity contribution in [1.29, 1.82) is 0 Å². The largest absolute Gasteiger partial charge is 0.497 e. The summed E-state index contributed by atoms with van der Waals surface area (Å²) in [7, 11) is 1.59. The van der Waals surface area contributed by atoms with Crippen molar-refractivity contribution in [3.63, 3.8) is 0 Å². The van der Waals surface area contributed by atoms with Gasteiger partial charge in [0.2, 0.25) is 0 Å². The first-order valence-electron chi connectivity index (χ1n) is 11.4. The van der Waals surface area contributed by atoms with Crippen molar-refractivity contribution in [2.45, 2.75) is 32.6 Å². The Morgan fingerprint density at radius 3 is 2.31 bits per heavy atom. The second kappa shape index (κ2) is 9.94. The molecule has 0 atom stereocenters. The third kappa shape index (κ3) is 5.15. The molecule has 0 aliphatic carbocycles. The maximum Gasteiger partial charge on any atom is 0.323 e.